The summed E-state index contributed by atoms with van der Waals surface area (Å²) in [6.07, 6.45) is 0. The van der Waals surface area contributed by atoms with Crippen LogP contribution in [0.5, 0.6) is 0 Å². The highest BCUT2D eigenvalue weighted by molar-refractivity contribution is 6.21. The largest absolute Gasteiger partial charge is 0.0516 e. The van der Waals surface area contributed by atoms with Gasteiger partial charge in [0.05, 0.1) is 0 Å². The zero-order valence-corrected chi connectivity index (χ0v) is 35.5. The highest BCUT2D eigenvalue weighted by atomic mass is 14.5. The number of fused-ring (bicyclic) bond motifs is 7. The summed E-state index contributed by atoms with van der Waals surface area (Å²) in [6, 6.07) is 0. The van der Waals surface area contributed by atoms with Crippen LogP contribution in [0.1, 0.15) is 125 Å². The molecule has 0 saturated heterocycles. The minimum Gasteiger partial charge on any atom is -0.0516 e. The molecule has 0 amide bonds. The first-order chi connectivity index (χ1) is 23.6. The first-order valence-electron chi connectivity index (χ1n) is 19.2. The zero-order chi connectivity index (χ0) is 37.8. The lowest BCUT2D eigenvalue weighted by Gasteiger charge is -2.31. The Morgan fingerprint density at radius 3 is 0.863 bits per heavy atom. The molecule has 0 spiro atoms. The Balaban J connectivity index is 1.80. The predicted molar refractivity (Wildman–Crippen MR) is 227 cm³/mol. The van der Waals surface area contributed by atoms with Crippen molar-refractivity contribution in [1.82, 2.24) is 0 Å². The summed E-state index contributed by atoms with van der Waals surface area (Å²) < 4.78 is 0. The maximum Gasteiger partial charge on any atom is 0.0164 e. The Kier molecular flexibility index (Phi) is 7.69. The molecule has 6 aromatic carbocycles. The average molecular weight is 673 g/mol. The molecule has 0 saturated carbocycles. The van der Waals surface area contributed by atoms with Gasteiger partial charge in [-0.05, 0) is 290 Å². The lowest BCUT2D eigenvalue weighted by Crippen LogP contribution is -2.19. The van der Waals surface area contributed by atoms with Crippen LogP contribution in [0.2, 0.25) is 0 Å². The van der Waals surface area contributed by atoms with Crippen molar-refractivity contribution in [3.63, 3.8) is 0 Å². The van der Waals surface area contributed by atoms with Crippen LogP contribution in [-0.2, 0) is 5.41 Å². The van der Waals surface area contributed by atoms with Crippen LogP contribution < -0.4 is 0 Å². The van der Waals surface area contributed by atoms with Crippen molar-refractivity contribution in [2.75, 3.05) is 0 Å². The molecule has 51 heavy (non-hydrogen) atoms. The van der Waals surface area contributed by atoms with E-state index in [0.717, 1.165) is 0 Å². The van der Waals surface area contributed by atoms with E-state index in [1.807, 2.05) is 0 Å². The number of benzene rings is 6. The van der Waals surface area contributed by atoms with Gasteiger partial charge in [0, 0.05) is 5.41 Å². The topological polar surface area (TPSA) is 0 Å². The molecular formula is C51H60. The first kappa shape index (κ1) is 35.5. The fourth-order valence-electron chi connectivity index (χ4n) is 11.2. The molecule has 0 aliphatic heterocycles. The summed E-state index contributed by atoms with van der Waals surface area (Å²) in [5.74, 6) is 0. The molecule has 1 aliphatic carbocycles. The second-order valence-corrected chi connectivity index (χ2v) is 17.4. The standard InChI is InChI=1S/C51H60/c1-21-26(6)32(12)45-39(27(21)7)35(15)36(16)49-48(45)46-34(14)33(13)42(38(18)50(46)51(49,19)20)47-43-30(10)24(4)22(2)28(8)40(43)37(17)41-29(9)23(3)25(5)31(11)44(41)47/h1-20H3. The molecule has 0 aromatic heterocycles. The molecule has 0 radical (unpaired) electrons. The lowest BCUT2D eigenvalue weighted by molar-refractivity contribution is 0.650. The summed E-state index contributed by atoms with van der Waals surface area (Å²) in [4.78, 5) is 0. The molecule has 1 aliphatic rings. The van der Waals surface area contributed by atoms with Crippen molar-refractivity contribution in [3.05, 3.63) is 111 Å². The van der Waals surface area contributed by atoms with Crippen LogP contribution in [0.15, 0.2) is 0 Å². The van der Waals surface area contributed by atoms with E-state index in [4.69, 9.17) is 0 Å². The van der Waals surface area contributed by atoms with Gasteiger partial charge in [-0.3, -0.25) is 0 Å². The second-order valence-electron chi connectivity index (χ2n) is 17.4. The molecule has 0 unspecified atom stereocenters. The van der Waals surface area contributed by atoms with Crippen LogP contribution in [0, 0.1) is 125 Å². The van der Waals surface area contributed by atoms with Crippen molar-refractivity contribution in [1.29, 1.82) is 0 Å². The van der Waals surface area contributed by atoms with Crippen LogP contribution in [0.3, 0.4) is 0 Å². The Morgan fingerprint density at radius 1 is 0.196 bits per heavy atom. The third-order valence-electron chi connectivity index (χ3n) is 15.2. The predicted octanol–water partition coefficient (Wildman–Crippen LogP) is 14.7. The Labute approximate surface area is 308 Å². The van der Waals surface area contributed by atoms with Gasteiger partial charge in [-0.15, -0.1) is 0 Å². The van der Waals surface area contributed by atoms with Gasteiger partial charge in [-0.2, -0.15) is 0 Å². The number of hydrogen-bond donors (Lipinski definition) is 0. The number of rotatable bonds is 1. The highest BCUT2D eigenvalue weighted by Gasteiger charge is 2.43. The van der Waals surface area contributed by atoms with E-state index in [9.17, 15) is 0 Å². The van der Waals surface area contributed by atoms with Crippen LogP contribution in [0.25, 0.3) is 54.6 Å². The van der Waals surface area contributed by atoms with Crippen molar-refractivity contribution >= 4 is 32.3 Å². The van der Waals surface area contributed by atoms with Crippen molar-refractivity contribution in [3.8, 4) is 22.3 Å². The fourth-order valence-corrected chi connectivity index (χ4v) is 11.2. The Bertz CT molecular complexity index is 2560. The van der Waals surface area contributed by atoms with Crippen molar-refractivity contribution in [2.24, 2.45) is 0 Å². The third-order valence-corrected chi connectivity index (χ3v) is 15.2. The maximum atomic E-state index is 2.52. The van der Waals surface area contributed by atoms with Crippen LogP contribution in [0.4, 0.5) is 0 Å². The number of hydrogen-bond acceptors (Lipinski definition) is 0. The van der Waals surface area contributed by atoms with Crippen molar-refractivity contribution in [2.45, 2.75) is 144 Å². The average Bonchev–Trinajstić information content (AvgIpc) is 3.33. The third kappa shape index (κ3) is 4.09. The highest BCUT2D eigenvalue weighted by Crippen LogP contribution is 2.60. The normalized spacial score (nSPS) is 13.6. The summed E-state index contributed by atoms with van der Waals surface area (Å²) in [7, 11) is 0. The van der Waals surface area contributed by atoms with Gasteiger partial charge >= 0.3 is 0 Å². The quantitative estimate of drug-likeness (QED) is 0.153. The molecule has 264 valence electrons. The zero-order valence-electron chi connectivity index (χ0n) is 35.5. The summed E-state index contributed by atoms with van der Waals surface area (Å²) in [5, 5.41) is 8.78. The monoisotopic (exact) mass is 672 g/mol. The molecule has 0 fully saturated rings. The van der Waals surface area contributed by atoms with E-state index in [0.29, 0.717) is 0 Å². The van der Waals surface area contributed by atoms with E-state index in [-0.39, 0.29) is 5.41 Å². The van der Waals surface area contributed by atoms with Crippen LogP contribution in [-0.4, -0.2) is 0 Å². The minimum absolute atomic E-state index is 0.143. The molecule has 7 rings (SSSR count). The Morgan fingerprint density at radius 2 is 0.471 bits per heavy atom. The second kappa shape index (κ2) is 11.1. The van der Waals surface area contributed by atoms with Gasteiger partial charge in [0.15, 0.2) is 0 Å². The van der Waals surface area contributed by atoms with Crippen LogP contribution >= 0.6 is 0 Å². The maximum absolute atomic E-state index is 2.52. The minimum atomic E-state index is -0.143. The van der Waals surface area contributed by atoms with Gasteiger partial charge in [-0.25, -0.2) is 0 Å². The first-order valence-corrected chi connectivity index (χ1v) is 19.2. The summed E-state index contributed by atoms with van der Waals surface area (Å²) in [6.45, 7) is 47.8. The fraction of sp³-hybridized carbons (Fsp3) is 0.412. The van der Waals surface area contributed by atoms with E-state index in [1.165, 1.54) is 166 Å². The van der Waals surface area contributed by atoms with E-state index in [1.54, 1.807) is 0 Å². The van der Waals surface area contributed by atoms with E-state index in [2.05, 4.69) is 138 Å². The molecule has 6 aromatic rings. The molecular weight excluding hydrogens is 613 g/mol. The van der Waals surface area contributed by atoms with E-state index < -0.39 is 0 Å². The molecule has 0 N–H and O–H groups in total. The van der Waals surface area contributed by atoms with Gasteiger partial charge in [0.1, 0.15) is 0 Å². The van der Waals surface area contributed by atoms with E-state index >= 15 is 0 Å². The molecule has 0 nitrogen and oxygen atoms in total. The molecule has 0 bridgehead atoms. The van der Waals surface area contributed by atoms with Gasteiger partial charge in [0.25, 0.3) is 0 Å². The lowest BCUT2D eigenvalue weighted by atomic mass is 9.72. The Hall–Kier alpha value is -3.90. The molecule has 0 heterocycles. The SMILES string of the molecule is Cc1c(C)c2c(c(C)c1-c1c3c(C)c(C)c(C)c(C)c3c(C)c3c(C)c(C)c(C)c(C)c13)C(C)(C)c1c(C)c(C)c3c(C)c(C)c(C)c(C)c3c1-2. The molecule has 0 atom stereocenters. The summed E-state index contributed by atoms with van der Waals surface area (Å²) >= 11 is 0. The smallest absolute Gasteiger partial charge is 0.0164 e. The van der Waals surface area contributed by atoms with Crippen molar-refractivity contribution < 1.29 is 0 Å². The summed E-state index contributed by atoms with van der Waals surface area (Å²) in [5.41, 5.74) is 34.7. The van der Waals surface area contributed by atoms with Gasteiger partial charge in [0.2, 0.25) is 0 Å². The van der Waals surface area contributed by atoms with Gasteiger partial charge < -0.3 is 0 Å². The molecule has 0 heteroatoms. The van der Waals surface area contributed by atoms with Gasteiger partial charge in [-0.1, -0.05) is 13.8 Å². The number of aryl methyl sites for hydroxylation is 8.